The van der Waals surface area contributed by atoms with Crippen molar-refractivity contribution in [3.8, 4) is 0 Å². The summed E-state index contributed by atoms with van der Waals surface area (Å²) in [4.78, 5) is 13.7. The van der Waals surface area contributed by atoms with Crippen LogP contribution in [0.25, 0.3) is 0 Å². The Morgan fingerprint density at radius 2 is 2.14 bits per heavy atom. The molecule has 1 aliphatic carbocycles. The maximum absolute atomic E-state index is 12.6. The standard InChI is InChI=1S/C15H18N2O3S2/c1-2-12-14(21-15(18)16-12)22(19,20)17-13-9-5-7-10-6-3-4-8-11(10)13/h3-4,6,8,13,17H,2,5,7,9H2,1H3,(H,16,18)/t13-/m1/s1. The van der Waals surface area contributed by atoms with E-state index in [1.165, 1.54) is 5.56 Å². The van der Waals surface area contributed by atoms with Gasteiger partial charge < -0.3 is 4.98 Å². The normalized spacial score (nSPS) is 18.1. The Bertz CT molecular complexity index is 836. The van der Waals surface area contributed by atoms with E-state index in [0.717, 1.165) is 36.2 Å². The van der Waals surface area contributed by atoms with Crippen LogP contribution in [-0.2, 0) is 22.9 Å². The van der Waals surface area contributed by atoms with E-state index in [2.05, 4.69) is 9.71 Å². The van der Waals surface area contributed by atoms with Gasteiger partial charge in [0, 0.05) is 11.7 Å². The minimum Gasteiger partial charge on any atom is -0.315 e. The lowest BCUT2D eigenvalue weighted by Crippen LogP contribution is -2.31. The smallest absolute Gasteiger partial charge is 0.306 e. The predicted octanol–water partition coefficient (Wildman–Crippen LogP) is 2.35. The number of thiazole rings is 1. The molecule has 1 aromatic heterocycles. The van der Waals surface area contributed by atoms with Crippen molar-refractivity contribution in [1.82, 2.24) is 9.71 Å². The number of benzene rings is 1. The lowest BCUT2D eigenvalue weighted by molar-refractivity contribution is 0.508. The Morgan fingerprint density at radius 3 is 2.91 bits per heavy atom. The molecule has 0 bridgehead atoms. The number of fused-ring (bicyclic) bond motifs is 1. The fourth-order valence-electron chi connectivity index (χ4n) is 2.91. The van der Waals surface area contributed by atoms with Crippen LogP contribution in [0.15, 0.2) is 33.3 Å². The first-order valence-electron chi connectivity index (χ1n) is 7.33. The summed E-state index contributed by atoms with van der Waals surface area (Å²) in [7, 11) is -3.69. The first-order valence-corrected chi connectivity index (χ1v) is 9.63. The molecule has 7 heteroatoms. The predicted molar refractivity (Wildman–Crippen MR) is 86.8 cm³/mol. The SMILES string of the molecule is CCc1[nH]c(=O)sc1S(=O)(=O)N[C@@H]1CCCc2ccccc21. The molecule has 1 atom stereocenters. The first kappa shape index (κ1) is 15.5. The summed E-state index contributed by atoms with van der Waals surface area (Å²) >= 11 is 0.754. The second kappa shape index (κ2) is 5.98. The fourth-order valence-corrected chi connectivity index (χ4v) is 5.63. The van der Waals surface area contributed by atoms with Crippen molar-refractivity contribution in [3.63, 3.8) is 0 Å². The van der Waals surface area contributed by atoms with E-state index in [1.54, 1.807) is 0 Å². The van der Waals surface area contributed by atoms with Crippen LogP contribution in [0.1, 0.15) is 42.6 Å². The third-order valence-electron chi connectivity index (χ3n) is 3.95. The second-order valence-electron chi connectivity index (χ2n) is 5.40. The van der Waals surface area contributed by atoms with Gasteiger partial charge in [0.25, 0.3) is 10.0 Å². The Kier molecular flexibility index (Phi) is 4.20. The molecule has 0 aliphatic heterocycles. The monoisotopic (exact) mass is 338 g/mol. The average Bonchev–Trinajstić information content (AvgIpc) is 2.89. The van der Waals surface area contributed by atoms with Gasteiger partial charge in [-0.05, 0) is 36.8 Å². The molecule has 3 rings (SSSR count). The van der Waals surface area contributed by atoms with Gasteiger partial charge in [0.15, 0.2) is 4.21 Å². The molecule has 1 heterocycles. The molecule has 0 saturated carbocycles. The van der Waals surface area contributed by atoms with Crippen LogP contribution in [0.3, 0.4) is 0 Å². The highest BCUT2D eigenvalue weighted by atomic mass is 32.2. The van der Waals surface area contributed by atoms with Gasteiger partial charge in [-0.25, -0.2) is 13.1 Å². The van der Waals surface area contributed by atoms with Crippen molar-refractivity contribution in [3.05, 3.63) is 50.8 Å². The molecule has 0 fully saturated rings. The lowest BCUT2D eigenvalue weighted by atomic mass is 9.88. The summed E-state index contributed by atoms with van der Waals surface area (Å²) in [5, 5.41) is 0. The van der Waals surface area contributed by atoms with Crippen molar-refractivity contribution < 1.29 is 8.42 Å². The van der Waals surface area contributed by atoms with Gasteiger partial charge in [0.1, 0.15) is 0 Å². The van der Waals surface area contributed by atoms with Crippen molar-refractivity contribution in [2.75, 3.05) is 0 Å². The quantitative estimate of drug-likeness (QED) is 0.898. The molecule has 2 aromatic rings. The number of H-pyrrole nitrogens is 1. The molecule has 5 nitrogen and oxygen atoms in total. The van der Waals surface area contributed by atoms with E-state index in [9.17, 15) is 13.2 Å². The van der Waals surface area contributed by atoms with Crippen LogP contribution >= 0.6 is 11.3 Å². The molecule has 118 valence electrons. The van der Waals surface area contributed by atoms with E-state index < -0.39 is 10.0 Å². The van der Waals surface area contributed by atoms with E-state index in [1.807, 2.05) is 31.2 Å². The van der Waals surface area contributed by atoms with Gasteiger partial charge in [0.2, 0.25) is 0 Å². The maximum Gasteiger partial charge on any atom is 0.306 e. The minimum absolute atomic E-state index is 0.114. The van der Waals surface area contributed by atoms with Gasteiger partial charge in [-0.15, -0.1) is 0 Å². The fraction of sp³-hybridized carbons (Fsp3) is 0.400. The molecule has 0 saturated heterocycles. The molecular formula is C15H18N2O3S2. The number of aromatic nitrogens is 1. The topological polar surface area (TPSA) is 79.0 Å². The number of rotatable bonds is 4. The summed E-state index contributed by atoms with van der Waals surface area (Å²) in [5.74, 6) is 0. The lowest BCUT2D eigenvalue weighted by Gasteiger charge is -2.26. The van der Waals surface area contributed by atoms with E-state index in [4.69, 9.17) is 0 Å². The highest BCUT2D eigenvalue weighted by molar-refractivity contribution is 7.91. The molecule has 1 aliphatic rings. The van der Waals surface area contributed by atoms with Crippen LogP contribution < -0.4 is 9.60 Å². The Balaban J connectivity index is 1.94. The van der Waals surface area contributed by atoms with Gasteiger partial charge in [0.05, 0.1) is 0 Å². The number of hydrogen-bond acceptors (Lipinski definition) is 4. The zero-order valence-electron chi connectivity index (χ0n) is 12.3. The van der Waals surface area contributed by atoms with Gasteiger partial charge >= 0.3 is 4.87 Å². The van der Waals surface area contributed by atoms with Crippen molar-refractivity contribution in [2.45, 2.75) is 42.9 Å². The van der Waals surface area contributed by atoms with Crippen LogP contribution in [-0.4, -0.2) is 13.4 Å². The molecule has 0 unspecified atom stereocenters. The van der Waals surface area contributed by atoms with Gasteiger partial charge in [-0.1, -0.05) is 42.5 Å². The molecule has 0 amide bonds. The van der Waals surface area contributed by atoms with Crippen LogP contribution in [0, 0.1) is 0 Å². The third-order valence-corrected chi connectivity index (χ3v) is 6.91. The summed E-state index contributed by atoms with van der Waals surface area (Å²) in [6.07, 6.45) is 3.19. The highest BCUT2D eigenvalue weighted by Gasteiger charge is 2.28. The summed E-state index contributed by atoms with van der Waals surface area (Å²) in [6.45, 7) is 1.83. The molecule has 0 spiro atoms. The second-order valence-corrected chi connectivity index (χ2v) is 8.29. The Hall–Kier alpha value is -1.44. The molecule has 2 N–H and O–H groups in total. The summed E-state index contributed by atoms with van der Waals surface area (Å²) < 4.78 is 28.2. The third kappa shape index (κ3) is 2.88. The van der Waals surface area contributed by atoms with Crippen LogP contribution in [0.5, 0.6) is 0 Å². The summed E-state index contributed by atoms with van der Waals surface area (Å²) in [6, 6.07) is 7.70. The van der Waals surface area contributed by atoms with Gasteiger partial charge in [-0.3, -0.25) is 4.79 Å². The van der Waals surface area contributed by atoms with Crippen molar-refractivity contribution in [2.24, 2.45) is 0 Å². The van der Waals surface area contributed by atoms with Gasteiger partial charge in [-0.2, -0.15) is 0 Å². The number of hydrogen-bond donors (Lipinski definition) is 2. The average molecular weight is 338 g/mol. The zero-order chi connectivity index (χ0) is 15.7. The molecule has 1 aromatic carbocycles. The van der Waals surface area contributed by atoms with Crippen molar-refractivity contribution in [1.29, 1.82) is 0 Å². The summed E-state index contributed by atoms with van der Waals surface area (Å²) in [5.41, 5.74) is 2.71. The molecular weight excluding hydrogens is 320 g/mol. The number of nitrogens with one attached hydrogen (secondary N) is 2. The Labute approximate surface area is 133 Å². The van der Waals surface area contributed by atoms with E-state index in [-0.39, 0.29) is 15.1 Å². The van der Waals surface area contributed by atoms with Crippen molar-refractivity contribution >= 4 is 21.4 Å². The molecule has 0 radical (unpaired) electrons. The molecule has 22 heavy (non-hydrogen) atoms. The number of aryl methyl sites for hydroxylation is 2. The first-order chi connectivity index (χ1) is 10.5. The van der Waals surface area contributed by atoms with Crippen LogP contribution in [0.4, 0.5) is 0 Å². The zero-order valence-corrected chi connectivity index (χ0v) is 13.9. The van der Waals surface area contributed by atoms with Crippen LogP contribution in [0.2, 0.25) is 0 Å². The Morgan fingerprint density at radius 1 is 1.36 bits per heavy atom. The largest absolute Gasteiger partial charge is 0.315 e. The van der Waals surface area contributed by atoms with E-state index >= 15 is 0 Å². The minimum atomic E-state index is -3.69. The maximum atomic E-state index is 12.6. The number of aromatic amines is 1. The highest BCUT2D eigenvalue weighted by Crippen LogP contribution is 2.31. The number of sulfonamides is 1. The van der Waals surface area contributed by atoms with E-state index in [0.29, 0.717) is 12.1 Å².